The summed E-state index contributed by atoms with van der Waals surface area (Å²) < 4.78 is 40.4. The molecule has 2 unspecified atom stereocenters. The second kappa shape index (κ2) is 9.81. The van der Waals surface area contributed by atoms with Crippen LogP contribution in [-0.4, -0.2) is 25.7 Å². The van der Waals surface area contributed by atoms with Crippen LogP contribution in [0.5, 0.6) is 0 Å². The minimum absolute atomic E-state index is 0.00143. The first-order valence-corrected chi connectivity index (χ1v) is 10.9. The Morgan fingerprint density at radius 3 is 2.15 bits per heavy atom. The first kappa shape index (κ1) is 23.1. The minimum atomic E-state index is -3.79. The third kappa shape index (κ3) is 7.72. The third-order valence-electron chi connectivity index (χ3n) is 4.73. The van der Waals surface area contributed by atoms with Crippen LogP contribution in [0.15, 0.2) is 29.2 Å². The van der Waals surface area contributed by atoms with Crippen LogP contribution in [0.2, 0.25) is 0 Å². The molecule has 150 valence electrons. The smallest absolute Gasteiger partial charge is 0.240 e. The van der Waals surface area contributed by atoms with Gasteiger partial charge in [0, 0.05) is 6.54 Å². The minimum Gasteiger partial charge on any atom is -0.389 e. The molecule has 0 aliphatic heterocycles. The van der Waals surface area contributed by atoms with Gasteiger partial charge in [0.15, 0.2) is 0 Å². The van der Waals surface area contributed by atoms with Crippen LogP contribution in [0.3, 0.4) is 0 Å². The predicted octanol–water partition coefficient (Wildman–Crippen LogP) is 4.34. The van der Waals surface area contributed by atoms with Crippen molar-refractivity contribution >= 4 is 10.0 Å². The zero-order chi connectivity index (χ0) is 20.0. The predicted molar refractivity (Wildman–Crippen MR) is 104 cm³/mol. The van der Waals surface area contributed by atoms with Gasteiger partial charge in [-0.2, -0.15) is 0 Å². The zero-order valence-corrected chi connectivity index (χ0v) is 17.4. The van der Waals surface area contributed by atoms with Crippen molar-refractivity contribution in [3.8, 4) is 0 Å². The van der Waals surface area contributed by atoms with Crippen LogP contribution >= 0.6 is 0 Å². The standard InChI is InChI=1S/C20H34FNO3S/c1-6-16(4)11-17(5)13-20(23,12-15(2)3)14-22-26(24,25)19-9-7-18(21)8-10-19/h7-10,15-17,22-23H,6,11-14H2,1-5H3/t16-,17?,20?/m0/s1. The molecule has 2 N–H and O–H groups in total. The van der Waals surface area contributed by atoms with Crippen molar-refractivity contribution in [3.63, 3.8) is 0 Å². The molecule has 1 aromatic carbocycles. The molecule has 6 heteroatoms. The highest BCUT2D eigenvalue weighted by Gasteiger charge is 2.32. The molecule has 3 atom stereocenters. The number of hydrogen-bond donors (Lipinski definition) is 2. The van der Waals surface area contributed by atoms with E-state index in [4.69, 9.17) is 0 Å². The Bertz CT molecular complexity index is 646. The number of sulfonamides is 1. The molecule has 0 spiro atoms. The summed E-state index contributed by atoms with van der Waals surface area (Å²) in [6.45, 7) is 10.4. The van der Waals surface area contributed by atoms with Crippen molar-refractivity contribution in [2.75, 3.05) is 6.54 Å². The molecule has 1 rings (SSSR count). The molecule has 0 saturated carbocycles. The maximum atomic E-state index is 13.0. The maximum absolute atomic E-state index is 13.0. The topological polar surface area (TPSA) is 66.4 Å². The van der Waals surface area contributed by atoms with E-state index in [1.165, 1.54) is 12.1 Å². The molecule has 0 heterocycles. The van der Waals surface area contributed by atoms with Gasteiger partial charge >= 0.3 is 0 Å². The van der Waals surface area contributed by atoms with Gasteiger partial charge in [-0.05, 0) is 61.3 Å². The van der Waals surface area contributed by atoms with Crippen LogP contribution in [0.25, 0.3) is 0 Å². The van der Waals surface area contributed by atoms with E-state index in [1.807, 2.05) is 13.8 Å². The fraction of sp³-hybridized carbons (Fsp3) is 0.700. The van der Waals surface area contributed by atoms with Gasteiger partial charge in [-0.3, -0.25) is 0 Å². The van der Waals surface area contributed by atoms with Crippen LogP contribution in [0.4, 0.5) is 4.39 Å². The molecule has 26 heavy (non-hydrogen) atoms. The summed E-state index contributed by atoms with van der Waals surface area (Å²) in [5, 5.41) is 11.1. The first-order valence-electron chi connectivity index (χ1n) is 9.45. The number of benzene rings is 1. The lowest BCUT2D eigenvalue weighted by Crippen LogP contribution is -2.45. The summed E-state index contributed by atoms with van der Waals surface area (Å²) in [6, 6.07) is 4.68. The number of nitrogens with one attached hydrogen (secondary N) is 1. The van der Waals surface area contributed by atoms with Gasteiger partial charge in [-0.1, -0.05) is 41.0 Å². The highest BCUT2D eigenvalue weighted by molar-refractivity contribution is 7.89. The Morgan fingerprint density at radius 2 is 1.65 bits per heavy atom. The Hall–Kier alpha value is -0.980. The van der Waals surface area contributed by atoms with Gasteiger partial charge in [0.2, 0.25) is 10.0 Å². The van der Waals surface area contributed by atoms with Crippen LogP contribution in [0.1, 0.15) is 60.3 Å². The normalized spacial score (nSPS) is 17.1. The van der Waals surface area contributed by atoms with Crippen molar-refractivity contribution in [2.45, 2.75) is 70.8 Å². The van der Waals surface area contributed by atoms with E-state index in [0.29, 0.717) is 24.7 Å². The average molecular weight is 388 g/mol. The third-order valence-corrected chi connectivity index (χ3v) is 6.15. The molecule has 0 bridgehead atoms. The highest BCUT2D eigenvalue weighted by Crippen LogP contribution is 2.29. The molecule has 0 radical (unpaired) electrons. The van der Waals surface area contributed by atoms with Crippen molar-refractivity contribution in [1.82, 2.24) is 4.72 Å². The van der Waals surface area contributed by atoms with Gasteiger partial charge < -0.3 is 5.11 Å². The molecule has 0 aliphatic rings. The van der Waals surface area contributed by atoms with Crippen LogP contribution in [0, 0.1) is 23.6 Å². The highest BCUT2D eigenvalue weighted by atomic mass is 32.2. The number of halogens is 1. The summed E-state index contributed by atoms with van der Waals surface area (Å²) in [7, 11) is -3.79. The molecular formula is C20H34FNO3S. The monoisotopic (exact) mass is 387 g/mol. The fourth-order valence-corrected chi connectivity index (χ4v) is 4.62. The van der Waals surface area contributed by atoms with E-state index in [9.17, 15) is 17.9 Å². The van der Waals surface area contributed by atoms with Gasteiger partial charge in [0.1, 0.15) is 5.82 Å². The summed E-state index contributed by atoms with van der Waals surface area (Å²) in [5.41, 5.74) is -1.10. The van der Waals surface area contributed by atoms with Crippen molar-refractivity contribution in [2.24, 2.45) is 17.8 Å². The van der Waals surface area contributed by atoms with Gasteiger partial charge in [-0.15, -0.1) is 0 Å². The lowest BCUT2D eigenvalue weighted by Gasteiger charge is -2.33. The van der Waals surface area contributed by atoms with E-state index in [-0.39, 0.29) is 17.4 Å². The summed E-state index contributed by atoms with van der Waals surface area (Å²) in [4.78, 5) is -0.00143. The SMILES string of the molecule is CC[C@H](C)CC(C)CC(O)(CNS(=O)(=O)c1ccc(F)cc1)CC(C)C. The Kier molecular flexibility index (Phi) is 8.70. The lowest BCUT2D eigenvalue weighted by atomic mass is 9.81. The molecular weight excluding hydrogens is 353 g/mol. The zero-order valence-electron chi connectivity index (χ0n) is 16.6. The summed E-state index contributed by atoms with van der Waals surface area (Å²) in [6.07, 6.45) is 3.15. The molecule has 0 saturated heterocycles. The van der Waals surface area contributed by atoms with Gasteiger partial charge in [0.25, 0.3) is 0 Å². The van der Waals surface area contributed by atoms with Gasteiger partial charge in [0.05, 0.1) is 10.5 Å². The second-order valence-corrected chi connectivity index (χ2v) is 9.93. The Labute approximate surface area is 158 Å². The van der Waals surface area contributed by atoms with Gasteiger partial charge in [-0.25, -0.2) is 17.5 Å². The molecule has 0 amide bonds. The Morgan fingerprint density at radius 1 is 1.08 bits per heavy atom. The van der Waals surface area contributed by atoms with E-state index in [2.05, 4.69) is 25.5 Å². The van der Waals surface area contributed by atoms with E-state index >= 15 is 0 Å². The fourth-order valence-electron chi connectivity index (χ4n) is 3.50. The van der Waals surface area contributed by atoms with Crippen molar-refractivity contribution < 1.29 is 17.9 Å². The Balaban J connectivity index is 2.84. The van der Waals surface area contributed by atoms with Crippen molar-refractivity contribution in [1.29, 1.82) is 0 Å². The lowest BCUT2D eigenvalue weighted by molar-refractivity contribution is 0.00115. The molecule has 1 aromatic rings. The maximum Gasteiger partial charge on any atom is 0.240 e. The molecule has 4 nitrogen and oxygen atoms in total. The molecule has 0 aliphatic carbocycles. The largest absolute Gasteiger partial charge is 0.389 e. The van der Waals surface area contributed by atoms with E-state index in [1.54, 1.807) is 0 Å². The van der Waals surface area contributed by atoms with Crippen LogP contribution in [-0.2, 0) is 10.0 Å². The summed E-state index contributed by atoms with van der Waals surface area (Å²) in [5.74, 6) is 0.624. The quantitative estimate of drug-likeness (QED) is 0.593. The molecule has 0 aromatic heterocycles. The number of aliphatic hydroxyl groups is 1. The number of rotatable bonds is 11. The second-order valence-electron chi connectivity index (χ2n) is 8.16. The van der Waals surface area contributed by atoms with E-state index < -0.39 is 21.4 Å². The molecule has 0 fully saturated rings. The van der Waals surface area contributed by atoms with Crippen LogP contribution < -0.4 is 4.72 Å². The summed E-state index contributed by atoms with van der Waals surface area (Å²) >= 11 is 0. The van der Waals surface area contributed by atoms with E-state index in [0.717, 1.165) is 25.0 Å². The van der Waals surface area contributed by atoms with Crippen molar-refractivity contribution in [3.05, 3.63) is 30.1 Å². The average Bonchev–Trinajstić information content (AvgIpc) is 2.52. The first-order chi connectivity index (χ1) is 12.0. The number of hydrogen-bond acceptors (Lipinski definition) is 3.